The molecule has 4 heteroatoms. The van der Waals surface area contributed by atoms with Crippen LogP contribution in [-0.4, -0.2) is 22.0 Å². The van der Waals surface area contributed by atoms with Crippen molar-refractivity contribution >= 4 is 5.82 Å². The molecule has 2 aromatic heterocycles. The molecule has 0 aliphatic heterocycles. The molecule has 0 unspecified atom stereocenters. The molecule has 0 radical (unpaired) electrons. The van der Waals surface area contributed by atoms with Crippen molar-refractivity contribution in [3.05, 3.63) is 35.9 Å². The van der Waals surface area contributed by atoms with Crippen molar-refractivity contribution < 1.29 is 0 Å². The van der Waals surface area contributed by atoms with Crippen LogP contribution in [0.5, 0.6) is 0 Å². The maximum Gasteiger partial charge on any atom is 0.132 e. The first-order valence-electron chi connectivity index (χ1n) is 5.70. The van der Waals surface area contributed by atoms with Crippen LogP contribution < -0.4 is 5.32 Å². The molecular formula is C13H16N4. The standard InChI is InChI=1S/C13H16N4/c1-4-10-12(16-8-17-13(10)14-3)11-7-15-6-5-9(11)2/h5-8H,4H2,1-3H3,(H,14,16,17). The van der Waals surface area contributed by atoms with Gasteiger partial charge in [0, 0.05) is 30.6 Å². The van der Waals surface area contributed by atoms with Gasteiger partial charge in [0.2, 0.25) is 0 Å². The number of aromatic nitrogens is 3. The Hall–Kier alpha value is -1.97. The molecule has 0 saturated heterocycles. The van der Waals surface area contributed by atoms with Crippen molar-refractivity contribution in [2.75, 3.05) is 12.4 Å². The van der Waals surface area contributed by atoms with Crippen molar-refractivity contribution in [3.63, 3.8) is 0 Å². The summed E-state index contributed by atoms with van der Waals surface area (Å²) in [6.07, 6.45) is 6.13. The second-order valence-corrected chi connectivity index (χ2v) is 3.84. The van der Waals surface area contributed by atoms with Crippen LogP contribution in [0.4, 0.5) is 5.82 Å². The highest BCUT2D eigenvalue weighted by molar-refractivity contribution is 5.70. The molecule has 0 amide bonds. The molecule has 0 spiro atoms. The van der Waals surface area contributed by atoms with Gasteiger partial charge >= 0.3 is 0 Å². The zero-order valence-corrected chi connectivity index (χ0v) is 10.4. The molecule has 88 valence electrons. The van der Waals surface area contributed by atoms with Crippen LogP contribution in [-0.2, 0) is 6.42 Å². The monoisotopic (exact) mass is 228 g/mol. The third-order valence-electron chi connectivity index (χ3n) is 2.83. The Morgan fingerprint density at radius 1 is 1.29 bits per heavy atom. The van der Waals surface area contributed by atoms with E-state index in [1.807, 2.05) is 19.3 Å². The van der Waals surface area contributed by atoms with Crippen LogP contribution in [0.25, 0.3) is 11.3 Å². The highest BCUT2D eigenvalue weighted by Gasteiger charge is 2.12. The molecule has 17 heavy (non-hydrogen) atoms. The molecule has 4 nitrogen and oxygen atoms in total. The minimum Gasteiger partial charge on any atom is -0.373 e. The van der Waals surface area contributed by atoms with Gasteiger partial charge in [-0.3, -0.25) is 4.98 Å². The molecule has 0 bridgehead atoms. The Balaban J connectivity index is 2.63. The molecule has 0 fully saturated rings. The maximum absolute atomic E-state index is 4.40. The van der Waals surface area contributed by atoms with E-state index in [2.05, 4.69) is 34.1 Å². The summed E-state index contributed by atoms with van der Waals surface area (Å²) in [5.41, 5.74) is 4.35. The van der Waals surface area contributed by atoms with Crippen molar-refractivity contribution in [3.8, 4) is 11.3 Å². The van der Waals surface area contributed by atoms with E-state index in [1.165, 1.54) is 5.56 Å². The highest BCUT2D eigenvalue weighted by Crippen LogP contribution is 2.27. The molecule has 0 aromatic carbocycles. The van der Waals surface area contributed by atoms with Gasteiger partial charge in [0.05, 0.1) is 5.69 Å². The average molecular weight is 228 g/mol. The Kier molecular flexibility index (Phi) is 3.32. The average Bonchev–Trinajstić information content (AvgIpc) is 2.38. The number of nitrogens with one attached hydrogen (secondary N) is 1. The van der Waals surface area contributed by atoms with Gasteiger partial charge in [0.1, 0.15) is 12.1 Å². The number of rotatable bonds is 3. The van der Waals surface area contributed by atoms with Gasteiger partial charge in [-0.2, -0.15) is 0 Å². The maximum atomic E-state index is 4.40. The second-order valence-electron chi connectivity index (χ2n) is 3.84. The number of anilines is 1. The van der Waals surface area contributed by atoms with E-state index in [4.69, 9.17) is 0 Å². The number of aryl methyl sites for hydroxylation is 1. The minimum absolute atomic E-state index is 0.890. The first-order valence-corrected chi connectivity index (χ1v) is 5.70. The lowest BCUT2D eigenvalue weighted by molar-refractivity contribution is 1.04. The van der Waals surface area contributed by atoms with Gasteiger partial charge in [-0.15, -0.1) is 0 Å². The lowest BCUT2D eigenvalue weighted by Gasteiger charge is -2.12. The van der Waals surface area contributed by atoms with Crippen LogP contribution in [0.15, 0.2) is 24.8 Å². The summed E-state index contributed by atoms with van der Waals surface area (Å²) < 4.78 is 0. The first kappa shape index (κ1) is 11.5. The molecular weight excluding hydrogens is 212 g/mol. The van der Waals surface area contributed by atoms with Gasteiger partial charge in [0.25, 0.3) is 0 Å². The van der Waals surface area contributed by atoms with Crippen LogP contribution in [0, 0.1) is 6.92 Å². The summed E-state index contributed by atoms with van der Waals surface area (Å²) in [6.45, 7) is 4.17. The Morgan fingerprint density at radius 3 is 2.76 bits per heavy atom. The predicted molar refractivity (Wildman–Crippen MR) is 68.9 cm³/mol. The summed E-state index contributed by atoms with van der Waals surface area (Å²) in [4.78, 5) is 12.8. The Morgan fingerprint density at radius 2 is 2.12 bits per heavy atom. The summed E-state index contributed by atoms with van der Waals surface area (Å²) >= 11 is 0. The summed E-state index contributed by atoms with van der Waals surface area (Å²) in [5.74, 6) is 0.890. The smallest absolute Gasteiger partial charge is 0.132 e. The fourth-order valence-corrected chi connectivity index (χ4v) is 1.91. The molecule has 0 aliphatic rings. The topological polar surface area (TPSA) is 50.7 Å². The lowest BCUT2D eigenvalue weighted by atomic mass is 10.0. The minimum atomic E-state index is 0.890. The van der Waals surface area contributed by atoms with Gasteiger partial charge in [0.15, 0.2) is 0 Å². The molecule has 0 saturated carbocycles. The molecule has 2 rings (SSSR count). The lowest BCUT2D eigenvalue weighted by Crippen LogP contribution is -2.03. The van der Waals surface area contributed by atoms with Crippen molar-refractivity contribution in [2.45, 2.75) is 20.3 Å². The van der Waals surface area contributed by atoms with Crippen LogP contribution >= 0.6 is 0 Å². The number of nitrogens with zero attached hydrogens (tertiary/aromatic N) is 3. The van der Waals surface area contributed by atoms with Crippen molar-refractivity contribution in [1.29, 1.82) is 0 Å². The molecule has 2 aromatic rings. The number of hydrogen-bond acceptors (Lipinski definition) is 4. The van der Waals surface area contributed by atoms with Crippen LogP contribution in [0.3, 0.4) is 0 Å². The van der Waals surface area contributed by atoms with Crippen LogP contribution in [0.1, 0.15) is 18.1 Å². The van der Waals surface area contributed by atoms with E-state index in [1.54, 1.807) is 12.5 Å². The summed E-state index contributed by atoms with van der Waals surface area (Å²) in [6, 6.07) is 2.00. The van der Waals surface area contributed by atoms with E-state index >= 15 is 0 Å². The van der Waals surface area contributed by atoms with Gasteiger partial charge in [-0.25, -0.2) is 9.97 Å². The van der Waals surface area contributed by atoms with Gasteiger partial charge < -0.3 is 5.32 Å². The third-order valence-corrected chi connectivity index (χ3v) is 2.83. The van der Waals surface area contributed by atoms with Gasteiger partial charge in [-0.05, 0) is 25.0 Å². The van der Waals surface area contributed by atoms with E-state index in [9.17, 15) is 0 Å². The van der Waals surface area contributed by atoms with Crippen molar-refractivity contribution in [2.24, 2.45) is 0 Å². The molecule has 2 heterocycles. The van der Waals surface area contributed by atoms with E-state index in [-0.39, 0.29) is 0 Å². The third kappa shape index (κ3) is 2.11. The molecule has 0 atom stereocenters. The summed E-state index contributed by atoms with van der Waals surface area (Å²) in [7, 11) is 1.88. The number of pyridine rings is 1. The largest absolute Gasteiger partial charge is 0.373 e. The quantitative estimate of drug-likeness (QED) is 0.876. The SMILES string of the molecule is CCc1c(NC)ncnc1-c1cnccc1C. The zero-order valence-electron chi connectivity index (χ0n) is 10.4. The van der Waals surface area contributed by atoms with Crippen molar-refractivity contribution in [1.82, 2.24) is 15.0 Å². The fourth-order valence-electron chi connectivity index (χ4n) is 1.91. The number of hydrogen-bond donors (Lipinski definition) is 1. The van der Waals surface area contributed by atoms with Crippen LogP contribution in [0.2, 0.25) is 0 Å². The van der Waals surface area contributed by atoms with E-state index in [0.717, 1.165) is 29.1 Å². The zero-order chi connectivity index (χ0) is 12.3. The van der Waals surface area contributed by atoms with Gasteiger partial charge in [-0.1, -0.05) is 6.92 Å². The molecule has 1 N–H and O–H groups in total. The Bertz CT molecular complexity index is 523. The second kappa shape index (κ2) is 4.91. The van der Waals surface area contributed by atoms with E-state index in [0.29, 0.717) is 0 Å². The Labute approximate surface area is 101 Å². The normalized spacial score (nSPS) is 10.3. The summed E-state index contributed by atoms with van der Waals surface area (Å²) in [5, 5.41) is 3.10. The highest BCUT2D eigenvalue weighted by atomic mass is 15.0. The predicted octanol–water partition coefficient (Wildman–Crippen LogP) is 2.45. The van der Waals surface area contributed by atoms with E-state index < -0.39 is 0 Å². The molecule has 0 aliphatic carbocycles. The first-order chi connectivity index (χ1) is 8.27. The fraction of sp³-hybridized carbons (Fsp3) is 0.308.